The fourth-order valence-electron chi connectivity index (χ4n) is 8.44. The third-order valence-corrected chi connectivity index (χ3v) is 13.9. The topological polar surface area (TPSA) is 108 Å². The van der Waals surface area contributed by atoms with Gasteiger partial charge in [-0.25, -0.2) is 0 Å². The van der Waals surface area contributed by atoms with Gasteiger partial charge in [-0.15, -0.1) is 0 Å². The highest BCUT2D eigenvalue weighted by molar-refractivity contribution is 7.45. The molecule has 0 bridgehead atoms. The summed E-state index contributed by atoms with van der Waals surface area (Å²) in [6, 6.07) is -0.888. The van der Waals surface area contributed by atoms with Gasteiger partial charge < -0.3 is 28.8 Å². The number of nitrogens with one attached hydrogen (secondary N) is 1. The summed E-state index contributed by atoms with van der Waals surface area (Å²) in [4.78, 5) is 25.5. The average molecular weight is 990 g/mol. The van der Waals surface area contributed by atoms with Crippen LogP contribution in [-0.2, 0) is 18.4 Å². The van der Waals surface area contributed by atoms with Crippen molar-refractivity contribution >= 4 is 13.7 Å². The summed E-state index contributed by atoms with van der Waals surface area (Å²) in [7, 11) is 1.27. The van der Waals surface area contributed by atoms with E-state index >= 15 is 0 Å². The lowest BCUT2D eigenvalue weighted by Gasteiger charge is -2.29. The van der Waals surface area contributed by atoms with Crippen LogP contribution in [0.3, 0.4) is 0 Å². The van der Waals surface area contributed by atoms with Gasteiger partial charge in [0.2, 0.25) is 5.91 Å². The van der Waals surface area contributed by atoms with E-state index < -0.39 is 20.0 Å². The van der Waals surface area contributed by atoms with Crippen LogP contribution < -0.4 is 10.2 Å². The van der Waals surface area contributed by atoms with E-state index in [1.807, 2.05) is 27.2 Å². The van der Waals surface area contributed by atoms with E-state index in [2.05, 4.69) is 67.8 Å². The van der Waals surface area contributed by atoms with Crippen LogP contribution in [0, 0.1) is 0 Å². The Bertz CT molecular complexity index is 1310. The Morgan fingerprint density at radius 3 is 1.29 bits per heavy atom. The average Bonchev–Trinajstić information content (AvgIpc) is 3.31. The third kappa shape index (κ3) is 53.8. The summed E-state index contributed by atoms with van der Waals surface area (Å²) in [6.07, 6.45) is 68.6. The van der Waals surface area contributed by atoms with Gasteiger partial charge in [0.05, 0.1) is 39.9 Å². The molecule has 0 heterocycles. The molecule has 0 aliphatic rings. The zero-order valence-electron chi connectivity index (χ0n) is 46.0. The van der Waals surface area contributed by atoms with Crippen molar-refractivity contribution in [3.8, 4) is 0 Å². The predicted octanol–water partition coefficient (Wildman–Crippen LogP) is 17.1. The minimum Gasteiger partial charge on any atom is -0.756 e. The maximum Gasteiger partial charge on any atom is 0.268 e. The number of hydrogen-bond acceptors (Lipinski definition) is 6. The van der Waals surface area contributed by atoms with Crippen molar-refractivity contribution < 1.29 is 32.9 Å². The molecular formula is C60H113N2O6P. The lowest BCUT2D eigenvalue weighted by atomic mass is 10.0. The van der Waals surface area contributed by atoms with Crippen LogP contribution in [0.4, 0.5) is 0 Å². The molecule has 0 saturated carbocycles. The molecule has 0 aromatic carbocycles. The molecule has 0 aliphatic carbocycles. The number of quaternary nitrogens is 1. The molecule has 8 nitrogen and oxygen atoms in total. The van der Waals surface area contributed by atoms with Crippen LogP contribution in [0.15, 0.2) is 60.8 Å². The molecule has 0 fully saturated rings. The first-order valence-corrected chi connectivity index (χ1v) is 30.6. The molecule has 1 amide bonds. The summed E-state index contributed by atoms with van der Waals surface area (Å²) in [6.45, 7) is 4.56. The lowest BCUT2D eigenvalue weighted by molar-refractivity contribution is -0.870. The number of phosphoric ester groups is 1. The van der Waals surface area contributed by atoms with E-state index in [4.69, 9.17) is 9.05 Å². The van der Waals surface area contributed by atoms with Crippen molar-refractivity contribution in [2.75, 3.05) is 40.9 Å². The highest BCUT2D eigenvalue weighted by Gasteiger charge is 2.23. The Labute approximate surface area is 428 Å². The number of carbonyl (C=O) groups excluding carboxylic acids is 1. The smallest absolute Gasteiger partial charge is 0.268 e. The Balaban J connectivity index is 4.14. The van der Waals surface area contributed by atoms with Crippen molar-refractivity contribution in [3.05, 3.63) is 60.8 Å². The molecule has 9 heteroatoms. The number of rotatable bonds is 53. The van der Waals surface area contributed by atoms with Gasteiger partial charge in [0.25, 0.3) is 7.82 Å². The SMILES string of the molecule is CC/C=C\C/C=C\C/C=C\C/C=C\CCCCCCCCCCCCCCCCCCC(=O)NC(COP(=O)([O-])OCC[N+](C)(C)C)C(O)/C=C/CCCCCCCCCCCCCCCCCC. The van der Waals surface area contributed by atoms with E-state index in [0.717, 1.165) is 64.2 Å². The first-order chi connectivity index (χ1) is 33.5. The molecule has 3 unspecified atom stereocenters. The maximum atomic E-state index is 13.0. The molecule has 0 aromatic rings. The summed E-state index contributed by atoms with van der Waals surface area (Å²) in [5, 5.41) is 13.9. The highest BCUT2D eigenvalue weighted by Crippen LogP contribution is 2.38. The zero-order valence-corrected chi connectivity index (χ0v) is 46.9. The number of aliphatic hydroxyl groups is 1. The zero-order chi connectivity index (χ0) is 50.6. The van der Waals surface area contributed by atoms with Crippen LogP contribution in [0.1, 0.15) is 264 Å². The van der Waals surface area contributed by atoms with E-state index in [1.165, 1.54) is 180 Å². The molecule has 0 spiro atoms. The summed E-state index contributed by atoms with van der Waals surface area (Å²) >= 11 is 0. The van der Waals surface area contributed by atoms with E-state index in [1.54, 1.807) is 6.08 Å². The van der Waals surface area contributed by atoms with Crippen LogP contribution in [-0.4, -0.2) is 68.5 Å². The second kappa shape index (κ2) is 51.1. The van der Waals surface area contributed by atoms with Crippen LogP contribution in [0.2, 0.25) is 0 Å². The Morgan fingerprint density at radius 1 is 0.522 bits per heavy atom. The molecule has 0 saturated heterocycles. The van der Waals surface area contributed by atoms with E-state index in [-0.39, 0.29) is 19.1 Å². The number of carbonyl (C=O) groups is 1. The Hall–Kier alpha value is -1.80. The minimum absolute atomic E-state index is 0.00133. The van der Waals surface area contributed by atoms with Gasteiger partial charge in [0, 0.05) is 6.42 Å². The summed E-state index contributed by atoms with van der Waals surface area (Å²) in [5.41, 5.74) is 0. The molecule has 404 valence electrons. The molecule has 0 radical (unpaired) electrons. The second-order valence-corrected chi connectivity index (χ2v) is 22.4. The number of phosphoric acid groups is 1. The van der Waals surface area contributed by atoms with Gasteiger partial charge in [0.1, 0.15) is 13.2 Å². The molecule has 69 heavy (non-hydrogen) atoms. The normalized spacial score (nSPS) is 14.4. The van der Waals surface area contributed by atoms with Crippen LogP contribution in [0.5, 0.6) is 0 Å². The van der Waals surface area contributed by atoms with Crippen molar-refractivity contribution in [1.29, 1.82) is 0 Å². The van der Waals surface area contributed by atoms with Gasteiger partial charge in [-0.05, 0) is 57.8 Å². The summed E-state index contributed by atoms with van der Waals surface area (Å²) in [5.74, 6) is -0.196. The largest absolute Gasteiger partial charge is 0.756 e. The number of hydrogen-bond donors (Lipinski definition) is 2. The number of nitrogens with zero attached hydrogens (tertiary/aromatic N) is 1. The highest BCUT2D eigenvalue weighted by atomic mass is 31.2. The molecule has 0 aliphatic heterocycles. The summed E-state index contributed by atoms with van der Waals surface area (Å²) < 4.78 is 23.4. The predicted molar refractivity (Wildman–Crippen MR) is 297 cm³/mol. The van der Waals surface area contributed by atoms with Crippen molar-refractivity contribution in [3.63, 3.8) is 0 Å². The van der Waals surface area contributed by atoms with Gasteiger partial charge >= 0.3 is 0 Å². The third-order valence-electron chi connectivity index (χ3n) is 13.0. The molecule has 3 atom stereocenters. The number of likely N-dealkylation sites (N-methyl/N-ethyl adjacent to an activating group) is 1. The maximum absolute atomic E-state index is 13.0. The lowest BCUT2D eigenvalue weighted by Crippen LogP contribution is -2.45. The fraction of sp³-hybridized carbons (Fsp3) is 0.817. The number of aliphatic hydroxyl groups excluding tert-OH is 1. The Kier molecular flexibility index (Phi) is 49.8. The molecule has 2 N–H and O–H groups in total. The van der Waals surface area contributed by atoms with Gasteiger partial charge in [-0.3, -0.25) is 9.36 Å². The number of allylic oxidation sites excluding steroid dienone is 9. The second-order valence-electron chi connectivity index (χ2n) is 21.0. The number of amides is 1. The van der Waals surface area contributed by atoms with E-state index in [9.17, 15) is 19.4 Å². The van der Waals surface area contributed by atoms with Gasteiger partial charge in [-0.1, -0.05) is 261 Å². The van der Waals surface area contributed by atoms with E-state index in [0.29, 0.717) is 17.4 Å². The minimum atomic E-state index is -4.60. The molecule has 0 aromatic heterocycles. The van der Waals surface area contributed by atoms with Crippen LogP contribution in [0.25, 0.3) is 0 Å². The quantitative estimate of drug-likeness (QED) is 0.0272. The van der Waals surface area contributed by atoms with Crippen molar-refractivity contribution in [2.45, 2.75) is 276 Å². The first kappa shape index (κ1) is 67.2. The van der Waals surface area contributed by atoms with Crippen molar-refractivity contribution in [2.24, 2.45) is 0 Å². The van der Waals surface area contributed by atoms with Crippen LogP contribution >= 0.6 is 7.82 Å². The standard InChI is InChI=1S/C60H113N2O6P/c1-6-8-10-12-14-16-18-20-22-24-26-27-28-29-30-31-32-33-34-35-36-38-40-42-44-46-48-50-52-54-60(64)61-58(57-68-69(65,66)67-56-55-62(3,4)5)59(63)53-51-49-47-45-43-41-39-37-25-23-21-19-17-15-13-11-9-7-2/h8,10,14,16,20,22,26-27,51,53,58-59,63H,6-7,9,11-13,15,17-19,21,23-25,28-50,52,54-57H2,1-5H3,(H-,61,64,65,66)/b10-8-,16-14-,22-20-,27-26-,53-51+. The monoisotopic (exact) mass is 989 g/mol. The van der Waals surface area contributed by atoms with Crippen molar-refractivity contribution in [1.82, 2.24) is 5.32 Å². The number of unbranched alkanes of at least 4 members (excludes halogenated alkanes) is 32. The fourth-order valence-corrected chi connectivity index (χ4v) is 9.16. The first-order valence-electron chi connectivity index (χ1n) is 29.2. The molecular weight excluding hydrogens is 876 g/mol. The van der Waals surface area contributed by atoms with Gasteiger partial charge in [0.15, 0.2) is 0 Å². The van der Waals surface area contributed by atoms with Gasteiger partial charge in [-0.2, -0.15) is 0 Å². The molecule has 0 rings (SSSR count). The Morgan fingerprint density at radius 2 is 0.884 bits per heavy atom.